The molecule has 0 bridgehead atoms. The normalized spacial score (nSPS) is 26.3. The third-order valence-corrected chi connectivity index (χ3v) is 5.82. The average molecular weight is 450 g/mol. The molecule has 0 amide bonds. The molecule has 0 aliphatic carbocycles. The molecule has 3 aromatic heterocycles. The molecule has 3 aromatic rings. The number of ether oxygens (including phenoxy) is 1. The zero-order valence-electron chi connectivity index (χ0n) is 15.2. The van der Waals surface area contributed by atoms with Gasteiger partial charge < -0.3 is 39.6 Å². The molecule has 5 N–H and O–H groups in total. The number of nitrogen functional groups attached to an aromatic ring is 1. The molecule has 4 rings (SSSR count). The number of hydrogen-bond acceptors (Lipinski definition) is 10. The van der Waals surface area contributed by atoms with Crippen LogP contribution in [-0.2, 0) is 13.8 Å². The van der Waals surface area contributed by atoms with Gasteiger partial charge in [0, 0.05) is 16.6 Å². The fourth-order valence-electron chi connectivity index (χ4n) is 3.19. The van der Waals surface area contributed by atoms with Gasteiger partial charge in [0.15, 0.2) is 6.23 Å². The van der Waals surface area contributed by atoms with Crippen molar-refractivity contribution < 1.29 is 63.4 Å². The second-order valence-corrected chi connectivity index (χ2v) is 8.34. The Labute approximate surface area is 190 Å². The number of phosphoric acid groups is 1. The summed E-state index contributed by atoms with van der Waals surface area (Å²) in [4.78, 5) is 28.7. The summed E-state index contributed by atoms with van der Waals surface area (Å²) in [5.74, 6) is 0.243. The Balaban J connectivity index is 0.00000240. The van der Waals surface area contributed by atoms with Gasteiger partial charge in [-0.3, -0.25) is 4.57 Å². The molecule has 11 nitrogen and oxygen atoms in total. The zero-order chi connectivity index (χ0) is 20.1. The van der Waals surface area contributed by atoms with Crippen molar-refractivity contribution in [1.82, 2.24) is 14.5 Å². The predicted octanol–water partition coefficient (Wildman–Crippen LogP) is -3.16. The van der Waals surface area contributed by atoms with Crippen LogP contribution in [0.4, 0.5) is 5.82 Å². The Hall–Kier alpha value is -0.890. The van der Waals surface area contributed by atoms with E-state index < -0.39 is 39.0 Å². The van der Waals surface area contributed by atoms with Crippen molar-refractivity contribution in [1.29, 1.82) is 0 Å². The molecule has 2 unspecified atom stereocenters. The first-order valence-corrected chi connectivity index (χ1v) is 10.5. The maximum absolute atomic E-state index is 10.8. The molecule has 150 valence electrons. The van der Waals surface area contributed by atoms with Gasteiger partial charge in [0.1, 0.15) is 36.1 Å². The predicted molar refractivity (Wildman–Crippen MR) is 97.0 cm³/mol. The minimum atomic E-state index is -5.00. The van der Waals surface area contributed by atoms with Crippen LogP contribution < -0.4 is 40.2 Å². The molecule has 0 radical (unpaired) electrons. The van der Waals surface area contributed by atoms with Gasteiger partial charge >= 0.3 is 29.6 Å². The smallest absolute Gasteiger partial charge is 0.756 e. The number of rotatable bonds is 5. The Morgan fingerprint density at radius 1 is 1.38 bits per heavy atom. The van der Waals surface area contributed by atoms with Crippen LogP contribution in [0, 0.1) is 0 Å². The first-order valence-electron chi connectivity index (χ1n) is 8.11. The topological polar surface area (TPSA) is 176 Å². The van der Waals surface area contributed by atoms with Gasteiger partial charge in [-0.1, -0.05) is 6.07 Å². The molecular weight excluding hydrogens is 434 g/mol. The SMILES string of the molecule is Nc1ncnc2c1c(-c1cccs1)cn2[C@@H]1O[C@H](COP(=O)([O-])O)C(O)[C@@H]1O.[Na+]. The van der Waals surface area contributed by atoms with Crippen molar-refractivity contribution in [2.75, 3.05) is 12.3 Å². The monoisotopic (exact) mass is 450 g/mol. The number of anilines is 1. The molecule has 0 saturated carbocycles. The molecule has 14 heteroatoms. The maximum atomic E-state index is 10.8. The van der Waals surface area contributed by atoms with E-state index in [2.05, 4.69) is 14.5 Å². The summed E-state index contributed by atoms with van der Waals surface area (Å²) in [5.41, 5.74) is 7.14. The third-order valence-electron chi connectivity index (χ3n) is 4.44. The first kappa shape index (κ1) is 22.8. The van der Waals surface area contributed by atoms with Crippen molar-refractivity contribution in [3.05, 3.63) is 30.0 Å². The summed E-state index contributed by atoms with van der Waals surface area (Å²) in [6, 6.07) is 3.76. The van der Waals surface area contributed by atoms with Gasteiger partial charge in [0.05, 0.1) is 12.0 Å². The van der Waals surface area contributed by atoms with E-state index in [1.54, 1.807) is 6.20 Å². The van der Waals surface area contributed by atoms with Gasteiger partial charge in [-0.15, -0.1) is 11.3 Å². The Morgan fingerprint density at radius 3 is 2.79 bits per heavy atom. The van der Waals surface area contributed by atoms with Crippen molar-refractivity contribution in [2.45, 2.75) is 24.5 Å². The van der Waals surface area contributed by atoms with Gasteiger partial charge in [0.25, 0.3) is 7.82 Å². The van der Waals surface area contributed by atoms with E-state index in [1.807, 2.05) is 17.5 Å². The van der Waals surface area contributed by atoms with Crippen molar-refractivity contribution >= 4 is 36.0 Å². The number of fused-ring (bicyclic) bond motifs is 1. The summed E-state index contributed by atoms with van der Waals surface area (Å²) in [5, 5.41) is 23.1. The van der Waals surface area contributed by atoms with E-state index in [1.165, 1.54) is 22.2 Å². The Kier molecular flexibility index (Phi) is 6.83. The van der Waals surface area contributed by atoms with Gasteiger partial charge in [-0.2, -0.15) is 0 Å². The van der Waals surface area contributed by atoms with E-state index in [0.717, 1.165) is 10.4 Å². The number of aliphatic hydroxyl groups is 2. The minimum absolute atomic E-state index is 0. The molecular formula is C15H16N4NaO7PS. The van der Waals surface area contributed by atoms with Crippen LogP contribution in [0.3, 0.4) is 0 Å². The molecule has 4 heterocycles. The molecule has 1 fully saturated rings. The van der Waals surface area contributed by atoms with Crippen LogP contribution in [0.2, 0.25) is 0 Å². The van der Waals surface area contributed by atoms with Crippen LogP contribution in [0.15, 0.2) is 30.0 Å². The van der Waals surface area contributed by atoms with Gasteiger partial charge in [-0.25, -0.2) is 9.97 Å². The minimum Gasteiger partial charge on any atom is -0.756 e. The summed E-state index contributed by atoms with van der Waals surface area (Å²) in [6.45, 7) is -0.653. The second-order valence-electron chi connectivity index (χ2n) is 6.20. The van der Waals surface area contributed by atoms with Crippen LogP contribution in [0.25, 0.3) is 21.5 Å². The third kappa shape index (κ3) is 4.43. The van der Waals surface area contributed by atoms with Crippen LogP contribution in [0.5, 0.6) is 0 Å². The number of aliphatic hydroxyl groups excluding tert-OH is 2. The van der Waals surface area contributed by atoms with E-state index in [-0.39, 0.29) is 35.4 Å². The molecule has 5 atom stereocenters. The van der Waals surface area contributed by atoms with E-state index in [9.17, 15) is 19.7 Å². The molecule has 29 heavy (non-hydrogen) atoms. The largest absolute Gasteiger partial charge is 1.00 e. The molecule has 1 aliphatic rings. The van der Waals surface area contributed by atoms with Crippen molar-refractivity contribution in [3.63, 3.8) is 0 Å². The summed E-state index contributed by atoms with van der Waals surface area (Å²) in [7, 11) is -5.00. The number of thiophene rings is 1. The Bertz CT molecular complexity index is 1040. The number of phosphoric ester groups is 1. The number of hydrogen-bond donors (Lipinski definition) is 4. The number of nitrogens with zero attached hydrogens (tertiary/aromatic N) is 3. The zero-order valence-corrected chi connectivity index (χ0v) is 18.9. The second kappa shape index (κ2) is 8.69. The van der Waals surface area contributed by atoms with Gasteiger partial charge in [0.2, 0.25) is 0 Å². The van der Waals surface area contributed by atoms with Crippen LogP contribution in [0.1, 0.15) is 6.23 Å². The fourth-order valence-corrected chi connectivity index (χ4v) is 4.26. The van der Waals surface area contributed by atoms with E-state index >= 15 is 0 Å². The van der Waals surface area contributed by atoms with Crippen molar-refractivity contribution in [3.8, 4) is 10.4 Å². The number of aromatic nitrogens is 3. The Morgan fingerprint density at radius 2 is 2.14 bits per heavy atom. The molecule has 1 saturated heterocycles. The van der Waals surface area contributed by atoms with E-state index in [4.69, 9.17) is 15.4 Å². The van der Waals surface area contributed by atoms with Crippen LogP contribution >= 0.6 is 19.2 Å². The average Bonchev–Trinajstić information content (AvgIpc) is 3.33. The quantitative estimate of drug-likeness (QED) is 0.229. The number of nitrogens with two attached hydrogens (primary N) is 1. The maximum Gasteiger partial charge on any atom is 1.00 e. The van der Waals surface area contributed by atoms with Gasteiger partial charge in [-0.05, 0) is 11.4 Å². The molecule has 0 spiro atoms. The van der Waals surface area contributed by atoms with Crippen molar-refractivity contribution in [2.24, 2.45) is 0 Å². The summed E-state index contributed by atoms with van der Waals surface area (Å²) >= 11 is 1.48. The summed E-state index contributed by atoms with van der Waals surface area (Å²) in [6.07, 6.45) is -2.17. The van der Waals surface area contributed by atoms with Crippen LogP contribution in [-0.4, -0.2) is 54.6 Å². The molecule has 0 aromatic carbocycles. The fraction of sp³-hybridized carbons (Fsp3) is 0.333. The molecule has 1 aliphatic heterocycles. The van der Waals surface area contributed by atoms with E-state index in [0.29, 0.717) is 11.0 Å². The first-order chi connectivity index (χ1) is 13.3. The standard InChI is InChI=1S/C15H17N4O7PS.Na/c16-13-10-7(9-2-1-3-28-9)4-19(14(10)18-6-17-13)15-12(21)11(20)8(26-15)5-25-27(22,23)24;/h1-4,6,8,11-12,15,20-21H,5H2,(H2,16,17,18)(H2,22,23,24);/q;+1/p-1/t8-,11?,12+,15-;/m1./s1. The summed E-state index contributed by atoms with van der Waals surface area (Å²) < 4.78 is 22.2.